The quantitative estimate of drug-likeness (QED) is 0.556. The third-order valence-corrected chi connectivity index (χ3v) is 7.09. The van der Waals surface area contributed by atoms with Gasteiger partial charge in [0.2, 0.25) is 0 Å². The van der Waals surface area contributed by atoms with E-state index in [1.165, 1.54) is 36.9 Å². The van der Waals surface area contributed by atoms with E-state index < -0.39 is 0 Å². The van der Waals surface area contributed by atoms with Crippen LogP contribution in [-0.4, -0.2) is 36.1 Å². The van der Waals surface area contributed by atoms with Crippen LogP contribution in [0.4, 0.5) is 15.8 Å². The lowest BCUT2D eigenvalue weighted by molar-refractivity contribution is 0.178. The van der Waals surface area contributed by atoms with Gasteiger partial charge in [0.1, 0.15) is 5.82 Å². The number of anilines is 2. The molecule has 5 heteroatoms. The third kappa shape index (κ3) is 3.16. The first kappa shape index (κ1) is 18.0. The van der Waals surface area contributed by atoms with Crippen molar-refractivity contribution in [1.29, 1.82) is 0 Å². The second-order valence-corrected chi connectivity index (χ2v) is 8.86. The van der Waals surface area contributed by atoms with Gasteiger partial charge in [0.15, 0.2) is 0 Å². The maximum atomic E-state index is 13.9. The summed E-state index contributed by atoms with van der Waals surface area (Å²) in [7, 11) is 2.24. The Bertz CT molecular complexity index is 1020. The number of rotatable bonds is 3. The molecule has 0 radical (unpaired) electrons. The lowest BCUT2D eigenvalue weighted by Gasteiger charge is -2.37. The Morgan fingerprint density at radius 1 is 1.14 bits per heavy atom. The molecule has 1 unspecified atom stereocenters. The molecule has 0 bridgehead atoms. The molecule has 1 atom stereocenters. The summed E-state index contributed by atoms with van der Waals surface area (Å²) in [6, 6.07) is 14.1. The summed E-state index contributed by atoms with van der Waals surface area (Å²) >= 11 is 1.62. The minimum atomic E-state index is -0.185. The molecule has 1 fully saturated rings. The molecule has 2 aliphatic rings. The highest BCUT2D eigenvalue weighted by Crippen LogP contribution is 2.50. The van der Waals surface area contributed by atoms with Crippen molar-refractivity contribution in [3.63, 3.8) is 0 Å². The smallest absolute Gasteiger partial charge is 0.124 e. The summed E-state index contributed by atoms with van der Waals surface area (Å²) < 4.78 is 13.9. The van der Waals surface area contributed by atoms with Crippen LogP contribution >= 0.6 is 11.8 Å². The number of piperidine rings is 1. The molecule has 3 aromatic rings. The van der Waals surface area contributed by atoms with E-state index in [1.54, 1.807) is 23.9 Å². The minimum Gasteiger partial charge on any atom is -0.339 e. The van der Waals surface area contributed by atoms with Crippen LogP contribution in [0.25, 0.3) is 10.9 Å². The summed E-state index contributed by atoms with van der Waals surface area (Å²) in [6.07, 6.45) is 6.92. The monoisotopic (exact) mass is 393 g/mol. The van der Waals surface area contributed by atoms with Gasteiger partial charge in [0.05, 0.1) is 21.8 Å². The summed E-state index contributed by atoms with van der Waals surface area (Å²) in [6.45, 7) is 2.11. The Hall–Kier alpha value is -2.11. The van der Waals surface area contributed by atoms with Gasteiger partial charge in [-0.05, 0) is 57.1 Å². The van der Waals surface area contributed by atoms with Crippen molar-refractivity contribution in [2.45, 2.75) is 41.5 Å². The SMILES string of the molecule is CN1CCCCC1CCN1c2ccc(F)cc2Sc2cnc3ccccc3c21. The third-order valence-electron chi connectivity index (χ3n) is 6.02. The Kier molecular flexibility index (Phi) is 4.73. The number of aromatic nitrogens is 1. The van der Waals surface area contributed by atoms with Crippen LogP contribution in [-0.2, 0) is 0 Å². The predicted molar refractivity (Wildman–Crippen MR) is 114 cm³/mol. The van der Waals surface area contributed by atoms with E-state index in [1.807, 2.05) is 18.3 Å². The van der Waals surface area contributed by atoms with Crippen molar-refractivity contribution in [3.8, 4) is 0 Å². The van der Waals surface area contributed by atoms with Crippen molar-refractivity contribution >= 4 is 34.0 Å². The summed E-state index contributed by atoms with van der Waals surface area (Å²) in [5, 5.41) is 1.17. The number of likely N-dealkylation sites (tertiary alicyclic amines) is 1. The molecule has 28 heavy (non-hydrogen) atoms. The van der Waals surface area contributed by atoms with E-state index in [0.29, 0.717) is 6.04 Å². The van der Waals surface area contributed by atoms with Crippen LogP contribution in [0.2, 0.25) is 0 Å². The van der Waals surface area contributed by atoms with Gasteiger partial charge < -0.3 is 9.80 Å². The van der Waals surface area contributed by atoms with Gasteiger partial charge in [-0.25, -0.2) is 4.39 Å². The Balaban J connectivity index is 1.57. The largest absolute Gasteiger partial charge is 0.339 e. The van der Waals surface area contributed by atoms with E-state index in [0.717, 1.165) is 34.0 Å². The second-order valence-electron chi connectivity index (χ2n) is 7.77. The van der Waals surface area contributed by atoms with Crippen molar-refractivity contribution in [1.82, 2.24) is 9.88 Å². The van der Waals surface area contributed by atoms with Gasteiger partial charge in [0, 0.05) is 29.1 Å². The lowest BCUT2D eigenvalue weighted by Crippen LogP contribution is -2.38. The number of fused-ring (bicyclic) bond motifs is 4. The average molecular weight is 394 g/mol. The standard InChI is InChI=1S/C23H24FN3S/c1-26-12-5-4-6-17(26)11-13-27-20-10-9-16(24)14-21(20)28-22-15-25-19-8-3-2-7-18(19)23(22)27/h2-3,7-10,14-15,17H,4-6,11-13H2,1H3. The summed E-state index contributed by atoms with van der Waals surface area (Å²) in [4.78, 5) is 11.6. The van der Waals surface area contributed by atoms with Gasteiger partial charge in [-0.15, -0.1) is 0 Å². The molecule has 0 N–H and O–H groups in total. The van der Waals surface area contributed by atoms with Gasteiger partial charge >= 0.3 is 0 Å². The van der Waals surface area contributed by atoms with Crippen molar-refractivity contribution in [2.75, 3.05) is 25.0 Å². The molecule has 0 spiro atoms. The molecule has 0 aliphatic carbocycles. The Labute approximate surface area is 169 Å². The average Bonchev–Trinajstić information content (AvgIpc) is 2.72. The number of hydrogen-bond donors (Lipinski definition) is 0. The fourth-order valence-electron chi connectivity index (χ4n) is 4.51. The molecular weight excluding hydrogens is 369 g/mol. The molecule has 5 rings (SSSR count). The Morgan fingerprint density at radius 3 is 2.93 bits per heavy atom. The van der Waals surface area contributed by atoms with Crippen molar-refractivity contribution < 1.29 is 4.39 Å². The first-order chi connectivity index (χ1) is 13.7. The highest BCUT2D eigenvalue weighted by atomic mass is 32.2. The molecule has 3 nitrogen and oxygen atoms in total. The van der Waals surface area contributed by atoms with E-state index in [2.05, 4.69) is 40.0 Å². The van der Waals surface area contributed by atoms with E-state index in [9.17, 15) is 4.39 Å². The van der Waals surface area contributed by atoms with E-state index in [4.69, 9.17) is 0 Å². The van der Waals surface area contributed by atoms with Crippen LogP contribution in [0.1, 0.15) is 25.7 Å². The predicted octanol–water partition coefficient (Wildman–Crippen LogP) is 5.85. The highest BCUT2D eigenvalue weighted by molar-refractivity contribution is 7.99. The highest BCUT2D eigenvalue weighted by Gasteiger charge is 2.28. The van der Waals surface area contributed by atoms with Gasteiger partial charge in [0.25, 0.3) is 0 Å². The van der Waals surface area contributed by atoms with E-state index in [-0.39, 0.29) is 5.82 Å². The maximum absolute atomic E-state index is 13.9. The number of halogens is 1. The first-order valence-electron chi connectivity index (χ1n) is 10.0. The topological polar surface area (TPSA) is 19.4 Å². The zero-order chi connectivity index (χ0) is 19.1. The van der Waals surface area contributed by atoms with Crippen LogP contribution in [0.15, 0.2) is 58.5 Å². The van der Waals surface area contributed by atoms with E-state index >= 15 is 0 Å². The normalized spacial score (nSPS) is 19.5. The fraction of sp³-hybridized carbons (Fsp3) is 0.348. The zero-order valence-corrected chi connectivity index (χ0v) is 16.9. The zero-order valence-electron chi connectivity index (χ0n) is 16.1. The first-order valence-corrected chi connectivity index (χ1v) is 10.9. The molecule has 0 saturated carbocycles. The fourth-order valence-corrected chi connectivity index (χ4v) is 5.63. The van der Waals surface area contributed by atoms with Crippen LogP contribution in [0, 0.1) is 5.82 Å². The maximum Gasteiger partial charge on any atom is 0.124 e. The molecule has 2 aromatic carbocycles. The molecule has 1 aromatic heterocycles. The number of para-hydroxylation sites is 1. The molecule has 144 valence electrons. The number of pyridine rings is 1. The van der Waals surface area contributed by atoms with Gasteiger partial charge in [-0.2, -0.15) is 0 Å². The number of benzene rings is 2. The lowest BCUT2D eigenvalue weighted by atomic mass is 9.99. The van der Waals surface area contributed by atoms with Gasteiger partial charge in [-0.1, -0.05) is 36.4 Å². The minimum absolute atomic E-state index is 0.185. The number of hydrogen-bond acceptors (Lipinski definition) is 4. The van der Waals surface area contributed by atoms with Crippen molar-refractivity contribution in [2.24, 2.45) is 0 Å². The van der Waals surface area contributed by atoms with Crippen molar-refractivity contribution in [3.05, 3.63) is 54.5 Å². The Morgan fingerprint density at radius 2 is 2.04 bits per heavy atom. The van der Waals surface area contributed by atoms with Crippen LogP contribution in [0.3, 0.4) is 0 Å². The second kappa shape index (κ2) is 7.37. The number of nitrogens with zero attached hydrogens (tertiary/aromatic N) is 3. The molecule has 2 aliphatic heterocycles. The van der Waals surface area contributed by atoms with Crippen LogP contribution in [0.5, 0.6) is 0 Å². The van der Waals surface area contributed by atoms with Crippen LogP contribution < -0.4 is 4.90 Å². The summed E-state index contributed by atoms with van der Waals surface area (Å²) in [5.41, 5.74) is 3.33. The molecule has 3 heterocycles. The molecular formula is C23H24FN3S. The van der Waals surface area contributed by atoms with Gasteiger partial charge in [-0.3, -0.25) is 4.98 Å². The molecule has 1 saturated heterocycles. The summed E-state index contributed by atoms with van der Waals surface area (Å²) in [5.74, 6) is -0.185. The molecule has 0 amide bonds.